The maximum absolute atomic E-state index is 11.3. The van der Waals surface area contributed by atoms with Crippen LogP contribution in [0.1, 0.15) is 0 Å². The number of hydrogen-bond donors (Lipinski definition) is 22. The highest BCUT2D eigenvalue weighted by Gasteiger charge is 2.58. The third-order valence-corrected chi connectivity index (χ3v) is 14.1. The van der Waals surface area contributed by atoms with Crippen LogP contribution in [0.2, 0.25) is 0 Å². The van der Waals surface area contributed by atoms with Gasteiger partial charge < -0.3 is 174 Å². The second kappa shape index (κ2) is 26.7. The summed E-state index contributed by atoms with van der Waals surface area (Å²) in [7, 11) is 0. The average Bonchev–Trinajstić information content (AvgIpc) is 3.42. The van der Waals surface area contributed by atoms with Crippen molar-refractivity contribution in [3.05, 3.63) is 0 Å². The summed E-state index contributed by atoms with van der Waals surface area (Å²) in [5, 5.41) is 232. The highest BCUT2D eigenvalue weighted by molar-refractivity contribution is 5.00. The standard InChI is InChI=1S/C41H70O35/c42-1-9-29(16(50)22(56)35(63)65-9)72-37-25(59)18(52)31(11(3-44)67-37)74-39-27(61)20(54)33(13(5-46)69-39)76-41-28(62)21(55)34(14(6-47)70-41)75-40-26(60)19(53)32(12(4-45)68-40)73-38-24(58)17(51)30(10(2-43)66-38)71-36-23(57)15(49)8(48)7-64-36/h8-63H,1-7H2/t8-,9+,10+,11+,12+,13+,14+,15-,16+,17+,18+,19+,20+,21+,22+,23+,24+,25+,26+,27+,28+,29-,30-,31-,32-,33-,34-,35+,36-,37-,38-,39-,40-,41-/m0/s1. The van der Waals surface area contributed by atoms with Gasteiger partial charge >= 0.3 is 0 Å². The largest absolute Gasteiger partial charge is 0.394 e. The van der Waals surface area contributed by atoms with Crippen molar-refractivity contribution in [1.29, 1.82) is 0 Å². The molecule has 7 aliphatic heterocycles. The van der Waals surface area contributed by atoms with Gasteiger partial charge in [-0.2, -0.15) is 0 Å². The Kier molecular flexibility index (Phi) is 21.8. The summed E-state index contributed by atoms with van der Waals surface area (Å²) in [5.41, 5.74) is 0. The van der Waals surface area contributed by atoms with Crippen molar-refractivity contribution in [3.8, 4) is 0 Å². The Morgan fingerprint density at radius 3 is 0.711 bits per heavy atom. The van der Waals surface area contributed by atoms with Crippen LogP contribution in [-0.2, 0) is 61.6 Å². The molecule has 0 bridgehead atoms. The second-order valence-corrected chi connectivity index (χ2v) is 19.1. The van der Waals surface area contributed by atoms with Crippen LogP contribution in [-0.4, -0.2) is 367 Å². The van der Waals surface area contributed by atoms with Crippen LogP contribution in [0.4, 0.5) is 0 Å². The molecule has 35 heteroatoms. The van der Waals surface area contributed by atoms with E-state index in [0.29, 0.717) is 0 Å². The van der Waals surface area contributed by atoms with Gasteiger partial charge in [-0.15, -0.1) is 0 Å². The fourth-order valence-corrected chi connectivity index (χ4v) is 9.73. The number of aliphatic hydroxyl groups is 22. The van der Waals surface area contributed by atoms with Gasteiger partial charge in [0, 0.05) is 0 Å². The lowest BCUT2D eigenvalue weighted by molar-refractivity contribution is -0.397. The summed E-state index contributed by atoms with van der Waals surface area (Å²) >= 11 is 0. The quantitative estimate of drug-likeness (QED) is 0.0606. The van der Waals surface area contributed by atoms with Gasteiger partial charge in [0.05, 0.1) is 46.2 Å². The predicted molar refractivity (Wildman–Crippen MR) is 226 cm³/mol. The Labute approximate surface area is 428 Å². The molecule has 0 aromatic carbocycles. The van der Waals surface area contributed by atoms with Gasteiger partial charge in [0.1, 0.15) is 165 Å². The first kappa shape index (κ1) is 62.2. The molecule has 444 valence electrons. The van der Waals surface area contributed by atoms with E-state index in [9.17, 15) is 112 Å². The van der Waals surface area contributed by atoms with E-state index in [2.05, 4.69) is 0 Å². The van der Waals surface area contributed by atoms with E-state index in [1.807, 2.05) is 0 Å². The van der Waals surface area contributed by atoms with E-state index in [-0.39, 0.29) is 0 Å². The minimum atomic E-state index is -2.21. The Bertz CT molecular complexity index is 1750. The molecular weight excluding hydrogens is 1050 g/mol. The molecule has 0 unspecified atom stereocenters. The van der Waals surface area contributed by atoms with E-state index in [0.717, 1.165) is 0 Å². The lowest BCUT2D eigenvalue weighted by Gasteiger charge is -2.50. The first-order chi connectivity index (χ1) is 36.0. The number of aliphatic hydroxyl groups excluding tert-OH is 22. The summed E-state index contributed by atoms with van der Waals surface area (Å²) in [4.78, 5) is 0. The molecule has 7 heterocycles. The zero-order chi connectivity index (χ0) is 55.8. The molecule has 76 heavy (non-hydrogen) atoms. The van der Waals surface area contributed by atoms with E-state index >= 15 is 0 Å². The van der Waals surface area contributed by atoms with Crippen molar-refractivity contribution in [3.63, 3.8) is 0 Å². The molecule has 7 rings (SSSR count). The van der Waals surface area contributed by atoms with Gasteiger partial charge in [0.2, 0.25) is 0 Å². The molecule has 0 spiro atoms. The molecule has 7 fully saturated rings. The summed E-state index contributed by atoms with van der Waals surface area (Å²) in [6.45, 7) is -6.41. The normalized spacial score (nSPS) is 53.6. The lowest BCUT2D eigenvalue weighted by Crippen LogP contribution is -2.68. The van der Waals surface area contributed by atoms with E-state index in [1.165, 1.54) is 0 Å². The van der Waals surface area contributed by atoms with Gasteiger partial charge in [-0.05, 0) is 0 Å². The topological polar surface area (TPSA) is 565 Å². The van der Waals surface area contributed by atoms with Gasteiger partial charge in [-0.1, -0.05) is 0 Å². The van der Waals surface area contributed by atoms with Crippen molar-refractivity contribution in [2.45, 2.75) is 209 Å². The molecule has 7 aliphatic rings. The van der Waals surface area contributed by atoms with Crippen molar-refractivity contribution < 1.29 is 174 Å². The third-order valence-electron chi connectivity index (χ3n) is 14.1. The maximum atomic E-state index is 11.3. The van der Waals surface area contributed by atoms with E-state index in [1.54, 1.807) is 0 Å². The summed E-state index contributed by atoms with van der Waals surface area (Å²) in [6.07, 6.45) is -64.5. The van der Waals surface area contributed by atoms with Crippen LogP contribution < -0.4 is 0 Å². The molecule has 22 N–H and O–H groups in total. The zero-order valence-corrected chi connectivity index (χ0v) is 39.7. The van der Waals surface area contributed by atoms with Gasteiger partial charge in [0.25, 0.3) is 0 Å². The van der Waals surface area contributed by atoms with Crippen LogP contribution >= 0.6 is 0 Å². The lowest BCUT2D eigenvalue weighted by atomic mass is 9.95. The Balaban J connectivity index is 0.946. The van der Waals surface area contributed by atoms with Gasteiger partial charge in [0.15, 0.2) is 44.0 Å². The summed E-state index contributed by atoms with van der Waals surface area (Å²) in [6, 6.07) is 0. The van der Waals surface area contributed by atoms with Crippen LogP contribution in [0.25, 0.3) is 0 Å². The number of rotatable bonds is 18. The molecule has 0 amide bonds. The highest BCUT2D eigenvalue weighted by atomic mass is 16.8. The van der Waals surface area contributed by atoms with Crippen LogP contribution in [0.5, 0.6) is 0 Å². The SMILES string of the molecule is OC[C@H]1O[C@@H](O)[C@H](O)[C@@H](O)[C@H]1O[C@@H]1O[C@H](CO)[C@H](O[C@@H]2O[C@H](CO)[C@H](O[C@@H]3O[C@H](CO)[C@H](O[C@@H]4O[C@H](CO)[C@H](O[C@@H]5O[C@H](CO)[C@H](O[C@@H]6OC[C@H](O)[C@H](O)[C@H]6O)[C@H](O)[C@H]5O)[C@H](O)[C@H]4O)[C@H](O)[C@H]3O)[C@H](O)[C@H]2O)[C@H](O)[C@H]1O. The van der Waals surface area contributed by atoms with Crippen molar-refractivity contribution in [2.24, 2.45) is 0 Å². The Morgan fingerprint density at radius 2 is 0.461 bits per heavy atom. The first-order valence-electron chi connectivity index (χ1n) is 24.1. The average molecular weight is 1120 g/mol. The summed E-state index contributed by atoms with van der Waals surface area (Å²) < 4.78 is 71.8. The fraction of sp³-hybridized carbons (Fsp3) is 1.00. The predicted octanol–water partition coefficient (Wildman–Crippen LogP) is -15.6. The molecule has 35 nitrogen and oxygen atoms in total. The smallest absolute Gasteiger partial charge is 0.187 e. The van der Waals surface area contributed by atoms with Crippen molar-refractivity contribution in [1.82, 2.24) is 0 Å². The molecule has 7 saturated heterocycles. The Hall–Kier alpha value is -1.40. The van der Waals surface area contributed by atoms with E-state index in [4.69, 9.17) is 61.6 Å². The zero-order valence-electron chi connectivity index (χ0n) is 39.7. The number of hydrogen-bond acceptors (Lipinski definition) is 35. The van der Waals surface area contributed by atoms with Gasteiger partial charge in [-0.3, -0.25) is 0 Å². The van der Waals surface area contributed by atoms with Crippen LogP contribution in [0, 0.1) is 0 Å². The monoisotopic (exact) mass is 1120 g/mol. The minimum absolute atomic E-state index is 0.499. The second-order valence-electron chi connectivity index (χ2n) is 19.1. The van der Waals surface area contributed by atoms with Crippen LogP contribution in [0.15, 0.2) is 0 Å². The fourth-order valence-electron chi connectivity index (χ4n) is 9.73. The minimum Gasteiger partial charge on any atom is -0.394 e. The highest BCUT2D eigenvalue weighted by Crippen LogP contribution is 2.37. The Morgan fingerprint density at radius 1 is 0.250 bits per heavy atom. The van der Waals surface area contributed by atoms with Crippen LogP contribution in [0.3, 0.4) is 0 Å². The molecule has 34 atom stereocenters. The maximum Gasteiger partial charge on any atom is 0.187 e. The molecular formula is C41H70O35. The summed E-state index contributed by atoms with van der Waals surface area (Å²) in [5.74, 6) is 0. The van der Waals surface area contributed by atoms with Crippen molar-refractivity contribution in [2.75, 3.05) is 46.2 Å². The third kappa shape index (κ3) is 12.6. The molecule has 0 radical (unpaired) electrons. The molecule has 0 aromatic rings. The molecule has 0 saturated carbocycles. The van der Waals surface area contributed by atoms with E-state index < -0.39 is 255 Å². The number of ether oxygens (including phenoxy) is 13. The van der Waals surface area contributed by atoms with Gasteiger partial charge in [-0.25, -0.2) is 0 Å². The molecule has 0 aromatic heterocycles. The molecule has 0 aliphatic carbocycles. The van der Waals surface area contributed by atoms with Crippen molar-refractivity contribution >= 4 is 0 Å². The first-order valence-corrected chi connectivity index (χ1v) is 24.1.